The van der Waals surface area contributed by atoms with Crippen molar-refractivity contribution in [2.75, 3.05) is 27.3 Å². The van der Waals surface area contributed by atoms with Crippen molar-refractivity contribution < 1.29 is 28.5 Å². The van der Waals surface area contributed by atoms with Gasteiger partial charge in [-0.25, -0.2) is 0 Å². The molecule has 4 aliphatic heterocycles. The zero-order valence-electron chi connectivity index (χ0n) is 25.7. The Morgan fingerprint density at radius 2 is 1.15 bits per heavy atom. The van der Waals surface area contributed by atoms with E-state index in [1.807, 2.05) is 6.07 Å². The van der Waals surface area contributed by atoms with Crippen molar-refractivity contribution in [1.82, 2.24) is 14.8 Å². The average molecular weight is 620 g/mol. The standard InChI is InChI=1S/C35H33N5O6/c1-20-5-24-14-37-28-10-32(30(43-3)8-26(28)34(41)39(24)16-20)45-18-22-7-23(13-36-12-22)19-46-33-11-29-27(9-31(33)44-4)35(42)40-17-21(2)6-25(40)15-38-29/h7-15,24-25H,1-2,5-6,16-19H2,3-4H3/t24-,25-/m0/s1. The fraction of sp³-hybridized carbons (Fsp3) is 0.286. The lowest BCUT2D eigenvalue weighted by atomic mass is 10.1. The van der Waals surface area contributed by atoms with Crippen molar-refractivity contribution in [2.45, 2.75) is 38.1 Å². The van der Waals surface area contributed by atoms with Crippen LogP contribution in [0.2, 0.25) is 0 Å². The van der Waals surface area contributed by atoms with Crippen LogP contribution in [0, 0.1) is 0 Å². The molecule has 4 aliphatic rings. The second-order valence-electron chi connectivity index (χ2n) is 11.8. The van der Waals surface area contributed by atoms with Gasteiger partial charge in [-0.05, 0) is 31.0 Å². The number of carbonyl (C=O) groups is 2. The number of hydrogen-bond donors (Lipinski definition) is 0. The molecule has 2 saturated heterocycles. The lowest BCUT2D eigenvalue weighted by Gasteiger charge is -2.20. The van der Waals surface area contributed by atoms with Gasteiger partial charge in [-0.2, -0.15) is 0 Å². The predicted molar refractivity (Wildman–Crippen MR) is 172 cm³/mol. The van der Waals surface area contributed by atoms with E-state index < -0.39 is 0 Å². The van der Waals surface area contributed by atoms with Crippen LogP contribution in [0.4, 0.5) is 11.4 Å². The minimum absolute atomic E-state index is 0.0987. The zero-order chi connectivity index (χ0) is 31.9. The number of amides is 2. The number of pyridine rings is 1. The number of methoxy groups -OCH3 is 2. The molecule has 2 amide bonds. The predicted octanol–water partition coefficient (Wildman–Crippen LogP) is 5.23. The largest absolute Gasteiger partial charge is 0.493 e. The first-order valence-corrected chi connectivity index (χ1v) is 15.0. The Balaban J connectivity index is 1.06. The van der Waals surface area contributed by atoms with E-state index in [0.717, 1.165) is 22.3 Å². The molecule has 0 unspecified atom stereocenters. The number of ether oxygens (including phenoxy) is 4. The maximum Gasteiger partial charge on any atom is 0.257 e. The number of carbonyl (C=O) groups excluding carboxylic acids is 2. The molecule has 5 heterocycles. The van der Waals surface area contributed by atoms with Crippen LogP contribution in [0.3, 0.4) is 0 Å². The lowest BCUT2D eigenvalue weighted by Crippen LogP contribution is -2.35. The van der Waals surface area contributed by atoms with Crippen LogP contribution in [0.25, 0.3) is 0 Å². The molecule has 234 valence electrons. The molecular formula is C35H33N5O6. The third-order valence-electron chi connectivity index (χ3n) is 8.54. The van der Waals surface area contributed by atoms with Gasteiger partial charge in [0.05, 0.1) is 48.8 Å². The molecule has 2 fully saturated rings. The summed E-state index contributed by atoms with van der Waals surface area (Å²) in [6, 6.07) is 8.57. The number of nitrogens with zero attached hydrogens (tertiary/aromatic N) is 5. The van der Waals surface area contributed by atoms with E-state index in [4.69, 9.17) is 18.9 Å². The molecule has 0 bridgehead atoms. The fourth-order valence-electron chi connectivity index (χ4n) is 6.23. The van der Waals surface area contributed by atoms with Gasteiger partial charge >= 0.3 is 0 Å². The SMILES string of the molecule is C=C1C[C@H]2C=Nc3cc(OCc4cncc(COc5cc6c(cc5OC)C(=O)N5CC(=C)C[C@H]5C=N6)c4)c(OC)cc3C(=O)N2C1. The fourth-order valence-corrected chi connectivity index (χ4v) is 6.23. The highest BCUT2D eigenvalue weighted by atomic mass is 16.5. The summed E-state index contributed by atoms with van der Waals surface area (Å²) < 4.78 is 23.5. The van der Waals surface area contributed by atoms with Crippen LogP contribution >= 0.6 is 0 Å². The average Bonchev–Trinajstić information content (AvgIpc) is 3.57. The van der Waals surface area contributed by atoms with E-state index in [9.17, 15) is 9.59 Å². The highest BCUT2D eigenvalue weighted by Crippen LogP contribution is 2.40. The topological polar surface area (TPSA) is 115 Å². The van der Waals surface area contributed by atoms with Crippen LogP contribution in [-0.2, 0) is 13.2 Å². The van der Waals surface area contributed by atoms with E-state index in [1.54, 1.807) is 58.9 Å². The van der Waals surface area contributed by atoms with Crippen LogP contribution in [-0.4, -0.2) is 78.4 Å². The first kappa shape index (κ1) is 29.3. The van der Waals surface area contributed by atoms with Gasteiger partial charge in [0, 0.05) is 61.2 Å². The second kappa shape index (κ2) is 11.8. The molecule has 11 nitrogen and oxygen atoms in total. The van der Waals surface area contributed by atoms with E-state index in [2.05, 4.69) is 28.1 Å². The maximum absolute atomic E-state index is 13.3. The van der Waals surface area contributed by atoms with Crippen molar-refractivity contribution in [3.8, 4) is 23.0 Å². The molecule has 0 N–H and O–H groups in total. The van der Waals surface area contributed by atoms with Crippen LogP contribution in [0.1, 0.15) is 44.7 Å². The molecule has 2 aromatic carbocycles. The molecule has 11 heteroatoms. The molecule has 0 aliphatic carbocycles. The Morgan fingerprint density at radius 3 is 1.59 bits per heavy atom. The molecule has 0 radical (unpaired) electrons. The van der Waals surface area contributed by atoms with Crippen molar-refractivity contribution in [3.63, 3.8) is 0 Å². The third kappa shape index (κ3) is 5.38. The molecule has 0 saturated carbocycles. The number of benzene rings is 2. The zero-order valence-corrected chi connectivity index (χ0v) is 25.7. The van der Waals surface area contributed by atoms with Crippen LogP contribution in [0.5, 0.6) is 23.0 Å². The van der Waals surface area contributed by atoms with Gasteiger partial charge in [-0.1, -0.05) is 24.3 Å². The Bertz CT molecular complexity index is 1720. The van der Waals surface area contributed by atoms with Gasteiger partial charge in [0.1, 0.15) is 13.2 Å². The third-order valence-corrected chi connectivity index (χ3v) is 8.54. The molecule has 2 atom stereocenters. The van der Waals surface area contributed by atoms with Crippen LogP contribution < -0.4 is 18.9 Å². The Hall–Kier alpha value is -5.45. The quantitative estimate of drug-likeness (QED) is 0.317. The van der Waals surface area contributed by atoms with Gasteiger partial charge in [0.15, 0.2) is 23.0 Å². The smallest absolute Gasteiger partial charge is 0.257 e. The molecular weight excluding hydrogens is 586 g/mol. The second-order valence-corrected chi connectivity index (χ2v) is 11.8. The molecule has 46 heavy (non-hydrogen) atoms. The van der Waals surface area contributed by atoms with Crippen molar-refractivity contribution in [2.24, 2.45) is 9.98 Å². The summed E-state index contributed by atoms with van der Waals surface area (Å²) in [5, 5.41) is 0. The molecule has 3 aromatic rings. The summed E-state index contributed by atoms with van der Waals surface area (Å²) in [5.74, 6) is 1.60. The highest BCUT2D eigenvalue weighted by molar-refractivity contribution is 6.04. The van der Waals surface area contributed by atoms with Crippen molar-refractivity contribution in [3.05, 3.63) is 89.3 Å². The van der Waals surface area contributed by atoms with Gasteiger partial charge < -0.3 is 28.7 Å². The van der Waals surface area contributed by atoms with Gasteiger partial charge in [0.2, 0.25) is 0 Å². The summed E-state index contributed by atoms with van der Waals surface area (Å²) in [6.07, 6.45) is 8.45. The minimum Gasteiger partial charge on any atom is -0.493 e. The minimum atomic E-state index is -0.103. The highest BCUT2D eigenvalue weighted by Gasteiger charge is 2.35. The Kier molecular flexibility index (Phi) is 7.51. The first-order chi connectivity index (χ1) is 22.3. The molecule has 1 aromatic heterocycles. The summed E-state index contributed by atoms with van der Waals surface area (Å²) >= 11 is 0. The Labute approximate surface area is 266 Å². The van der Waals surface area contributed by atoms with Gasteiger partial charge in [-0.15, -0.1) is 0 Å². The van der Waals surface area contributed by atoms with Crippen LogP contribution in [0.15, 0.2) is 77.0 Å². The van der Waals surface area contributed by atoms with E-state index >= 15 is 0 Å². The summed E-state index contributed by atoms with van der Waals surface area (Å²) in [7, 11) is 3.08. The van der Waals surface area contributed by atoms with Crippen molar-refractivity contribution >= 4 is 35.6 Å². The normalized spacial score (nSPS) is 19.7. The number of aliphatic imine (C=N–C) groups is 2. The molecule has 0 spiro atoms. The lowest BCUT2D eigenvalue weighted by molar-refractivity contribution is 0.0769. The van der Waals surface area contributed by atoms with Gasteiger partial charge in [0.25, 0.3) is 11.8 Å². The van der Waals surface area contributed by atoms with Crippen molar-refractivity contribution in [1.29, 1.82) is 0 Å². The summed E-state index contributed by atoms with van der Waals surface area (Å²) in [5.41, 5.74) is 5.64. The van der Waals surface area contributed by atoms with Gasteiger partial charge in [-0.3, -0.25) is 24.6 Å². The number of hydrogen-bond acceptors (Lipinski definition) is 9. The summed E-state index contributed by atoms with van der Waals surface area (Å²) in [4.78, 5) is 43.7. The Morgan fingerprint density at radius 1 is 0.696 bits per heavy atom. The summed E-state index contributed by atoms with van der Waals surface area (Å²) in [6.45, 7) is 9.51. The van der Waals surface area contributed by atoms with E-state index in [-0.39, 0.29) is 37.1 Å². The van der Waals surface area contributed by atoms with E-state index in [0.29, 0.717) is 71.4 Å². The monoisotopic (exact) mass is 619 g/mol. The number of aromatic nitrogens is 1. The number of fused-ring (bicyclic) bond motifs is 4. The molecule has 7 rings (SSSR count). The first-order valence-electron chi connectivity index (χ1n) is 15.0. The maximum atomic E-state index is 13.3. The van der Waals surface area contributed by atoms with E-state index in [1.165, 1.54) is 14.2 Å². The number of rotatable bonds is 8.